The Morgan fingerprint density at radius 1 is 1.27 bits per heavy atom. The van der Waals surface area contributed by atoms with Crippen molar-refractivity contribution in [2.75, 3.05) is 12.4 Å². The SMILES string of the molecule is CC(C)c1nnc(NC(=O)N(C)[C@@H](C)c2ccccc2F)s1. The highest BCUT2D eigenvalue weighted by Crippen LogP contribution is 2.25. The third-order valence-electron chi connectivity index (χ3n) is 3.40. The Kier molecular flexibility index (Phi) is 5.07. The average Bonchev–Trinajstić information content (AvgIpc) is 2.95. The van der Waals surface area contributed by atoms with Gasteiger partial charge in [-0.15, -0.1) is 10.2 Å². The number of halogens is 1. The molecule has 2 rings (SSSR count). The minimum atomic E-state index is -0.390. The maximum Gasteiger partial charge on any atom is 0.323 e. The van der Waals surface area contributed by atoms with Crippen LogP contribution in [-0.2, 0) is 0 Å². The van der Waals surface area contributed by atoms with Crippen LogP contribution in [0.5, 0.6) is 0 Å². The first-order valence-corrected chi connectivity index (χ1v) is 7.83. The minimum absolute atomic E-state index is 0.262. The van der Waals surface area contributed by atoms with Crippen LogP contribution in [0.1, 0.15) is 43.3 Å². The second-order valence-corrected chi connectivity index (χ2v) is 6.35. The fraction of sp³-hybridized carbons (Fsp3) is 0.400. The van der Waals surface area contributed by atoms with Crippen molar-refractivity contribution < 1.29 is 9.18 Å². The van der Waals surface area contributed by atoms with Crippen LogP contribution in [0.4, 0.5) is 14.3 Å². The first kappa shape index (κ1) is 16.4. The highest BCUT2D eigenvalue weighted by Gasteiger charge is 2.21. The van der Waals surface area contributed by atoms with E-state index >= 15 is 0 Å². The molecule has 5 nitrogen and oxygen atoms in total. The largest absolute Gasteiger partial charge is 0.323 e. The molecule has 0 aliphatic carbocycles. The van der Waals surface area contributed by atoms with Gasteiger partial charge in [0, 0.05) is 18.5 Å². The molecule has 22 heavy (non-hydrogen) atoms. The second-order valence-electron chi connectivity index (χ2n) is 5.34. The summed E-state index contributed by atoms with van der Waals surface area (Å²) in [4.78, 5) is 13.7. The average molecular weight is 322 g/mol. The first-order chi connectivity index (χ1) is 10.4. The standard InChI is InChI=1S/C15H19FN4OS/c1-9(2)13-18-19-14(22-13)17-15(21)20(4)10(3)11-7-5-6-8-12(11)16/h5-10H,1-4H3,(H,17,19,21)/t10-/m0/s1. The summed E-state index contributed by atoms with van der Waals surface area (Å²) in [5.74, 6) is -0.0640. The van der Waals surface area contributed by atoms with Crippen LogP contribution < -0.4 is 5.32 Å². The monoisotopic (exact) mass is 322 g/mol. The maximum atomic E-state index is 13.8. The molecular weight excluding hydrogens is 303 g/mol. The zero-order valence-electron chi connectivity index (χ0n) is 13.0. The van der Waals surface area contributed by atoms with Gasteiger partial charge in [0.25, 0.3) is 0 Å². The molecule has 0 radical (unpaired) electrons. The van der Waals surface area contributed by atoms with E-state index < -0.39 is 6.04 Å². The lowest BCUT2D eigenvalue weighted by molar-refractivity contribution is 0.207. The fourth-order valence-corrected chi connectivity index (χ4v) is 2.63. The molecule has 7 heteroatoms. The Balaban J connectivity index is 2.06. The number of benzene rings is 1. The van der Waals surface area contributed by atoms with Crippen LogP contribution in [-0.4, -0.2) is 28.2 Å². The molecule has 0 unspecified atom stereocenters. The quantitative estimate of drug-likeness (QED) is 0.924. The van der Waals surface area contributed by atoms with Crippen LogP contribution in [0.15, 0.2) is 24.3 Å². The number of rotatable bonds is 4. The number of urea groups is 1. The normalized spacial score (nSPS) is 12.3. The lowest BCUT2D eigenvalue weighted by Crippen LogP contribution is -2.34. The van der Waals surface area contributed by atoms with Crippen molar-refractivity contribution in [3.05, 3.63) is 40.7 Å². The zero-order chi connectivity index (χ0) is 16.3. The van der Waals surface area contributed by atoms with E-state index in [1.54, 1.807) is 32.2 Å². The Morgan fingerprint density at radius 2 is 1.95 bits per heavy atom. The predicted molar refractivity (Wildman–Crippen MR) is 85.6 cm³/mol. The number of amides is 2. The van der Waals surface area contributed by atoms with Crippen LogP contribution in [0.25, 0.3) is 0 Å². The van der Waals surface area contributed by atoms with Gasteiger partial charge in [-0.1, -0.05) is 43.4 Å². The number of carbonyl (C=O) groups is 1. The summed E-state index contributed by atoms with van der Waals surface area (Å²) >= 11 is 1.34. The van der Waals surface area contributed by atoms with E-state index in [1.165, 1.54) is 22.3 Å². The van der Waals surface area contributed by atoms with Crippen LogP contribution >= 0.6 is 11.3 Å². The minimum Gasteiger partial charge on any atom is -0.321 e. The molecule has 0 spiro atoms. The van der Waals surface area contributed by atoms with Crippen LogP contribution in [0.2, 0.25) is 0 Å². The number of anilines is 1. The molecular formula is C15H19FN4OS. The van der Waals surface area contributed by atoms with E-state index in [-0.39, 0.29) is 17.8 Å². The van der Waals surface area contributed by atoms with Crippen molar-refractivity contribution >= 4 is 22.5 Å². The number of nitrogens with one attached hydrogen (secondary N) is 1. The maximum absolute atomic E-state index is 13.8. The number of carbonyl (C=O) groups excluding carboxylic acids is 1. The lowest BCUT2D eigenvalue weighted by atomic mass is 10.1. The molecule has 0 saturated heterocycles. The fourth-order valence-electron chi connectivity index (χ4n) is 1.90. The third-order valence-corrected chi connectivity index (χ3v) is 4.54. The topological polar surface area (TPSA) is 58.1 Å². The smallest absolute Gasteiger partial charge is 0.321 e. The van der Waals surface area contributed by atoms with Gasteiger partial charge >= 0.3 is 6.03 Å². The van der Waals surface area contributed by atoms with Gasteiger partial charge in [-0.2, -0.15) is 0 Å². The van der Waals surface area contributed by atoms with E-state index in [0.29, 0.717) is 10.7 Å². The number of aromatic nitrogens is 2. The molecule has 1 aromatic carbocycles. The highest BCUT2D eigenvalue weighted by molar-refractivity contribution is 7.15. The van der Waals surface area contributed by atoms with E-state index in [0.717, 1.165) is 5.01 Å². The van der Waals surface area contributed by atoms with Crippen molar-refractivity contribution in [3.63, 3.8) is 0 Å². The first-order valence-electron chi connectivity index (χ1n) is 7.01. The van der Waals surface area contributed by atoms with Crippen molar-refractivity contribution in [2.45, 2.75) is 32.7 Å². The summed E-state index contributed by atoms with van der Waals surface area (Å²) in [5, 5.41) is 12.0. The van der Waals surface area contributed by atoms with Gasteiger partial charge in [0.05, 0.1) is 6.04 Å². The van der Waals surface area contributed by atoms with Gasteiger partial charge < -0.3 is 4.90 Å². The zero-order valence-corrected chi connectivity index (χ0v) is 13.8. The van der Waals surface area contributed by atoms with Crippen LogP contribution in [0.3, 0.4) is 0 Å². The van der Waals surface area contributed by atoms with Crippen molar-refractivity contribution in [2.24, 2.45) is 0 Å². The summed E-state index contributed by atoms with van der Waals surface area (Å²) in [7, 11) is 1.62. The molecule has 1 atom stereocenters. The van der Waals surface area contributed by atoms with E-state index in [2.05, 4.69) is 15.5 Å². The van der Waals surface area contributed by atoms with Crippen molar-refractivity contribution in [1.29, 1.82) is 0 Å². The summed E-state index contributed by atoms with van der Waals surface area (Å²) in [5.41, 5.74) is 0.472. The second kappa shape index (κ2) is 6.83. The van der Waals surface area contributed by atoms with Gasteiger partial charge in [0.1, 0.15) is 10.8 Å². The Morgan fingerprint density at radius 3 is 2.55 bits per heavy atom. The molecule has 0 bridgehead atoms. The van der Waals surface area contributed by atoms with E-state index in [1.807, 2.05) is 13.8 Å². The van der Waals surface area contributed by atoms with E-state index in [9.17, 15) is 9.18 Å². The van der Waals surface area contributed by atoms with Gasteiger partial charge in [-0.25, -0.2) is 9.18 Å². The van der Waals surface area contributed by atoms with Crippen molar-refractivity contribution in [1.82, 2.24) is 15.1 Å². The number of nitrogens with zero attached hydrogens (tertiary/aromatic N) is 3. The Bertz CT molecular complexity index is 658. The van der Waals surface area contributed by atoms with Gasteiger partial charge in [-0.3, -0.25) is 5.32 Å². The molecule has 0 aliphatic heterocycles. The van der Waals surface area contributed by atoms with Crippen LogP contribution in [0, 0.1) is 5.82 Å². The molecule has 2 aromatic rings. The molecule has 1 N–H and O–H groups in total. The molecule has 118 valence electrons. The molecule has 1 heterocycles. The van der Waals surface area contributed by atoms with Gasteiger partial charge in [0.15, 0.2) is 0 Å². The molecule has 2 amide bonds. The summed E-state index contributed by atoms with van der Waals surface area (Å²) in [6, 6.07) is 5.70. The summed E-state index contributed by atoms with van der Waals surface area (Å²) in [6.45, 7) is 5.80. The van der Waals surface area contributed by atoms with Gasteiger partial charge in [0.2, 0.25) is 5.13 Å². The molecule has 1 aromatic heterocycles. The van der Waals surface area contributed by atoms with Crippen molar-refractivity contribution in [3.8, 4) is 0 Å². The molecule has 0 fully saturated rings. The predicted octanol–water partition coefficient (Wildman–Crippen LogP) is 4.03. The Labute approximate surface area is 133 Å². The highest BCUT2D eigenvalue weighted by atomic mass is 32.1. The summed E-state index contributed by atoms with van der Waals surface area (Å²) < 4.78 is 13.8. The third kappa shape index (κ3) is 3.59. The van der Waals surface area contributed by atoms with E-state index in [4.69, 9.17) is 0 Å². The van der Waals surface area contributed by atoms with Gasteiger partial charge in [-0.05, 0) is 13.0 Å². The lowest BCUT2D eigenvalue weighted by Gasteiger charge is -2.25. The molecule has 0 aliphatic rings. The number of hydrogen-bond acceptors (Lipinski definition) is 4. The number of hydrogen-bond donors (Lipinski definition) is 1. The summed E-state index contributed by atoms with van der Waals surface area (Å²) in [6.07, 6.45) is 0. The molecule has 0 saturated carbocycles. The Hall–Kier alpha value is -2.02.